The number of carbonyl (C=O) groups is 1. The van der Waals surface area contributed by atoms with Gasteiger partial charge in [0.1, 0.15) is 5.78 Å². The molecule has 0 unspecified atom stereocenters. The molecule has 7 nitrogen and oxygen atoms in total. The van der Waals surface area contributed by atoms with E-state index in [2.05, 4.69) is 4.98 Å². The molecule has 3 aromatic rings. The van der Waals surface area contributed by atoms with Gasteiger partial charge in [-0.05, 0) is 66.8 Å². The van der Waals surface area contributed by atoms with Crippen LogP contribution in [0.25, 0.3) is 11.1 Å². The fraction of sp³-hybridized carbons (Fsp3) is 0.308. The van der Waals surface area contributed by atoms with Crippen molar-refractivity contribution in [1.29, 1.82) is 0 Å². The molecule has 8 heteroatoms. The summed E-state index contributed by atoms with van der Waals surface area (Å²) in [5.74, 6) is 1.54. The lowest BCUT2D eigenvalue weighted by molar-refractivity contribution is -0.120. The fourth-order valence-electron chi connectivity index (χ4n) is 4.43. The molecule has 0 bridgehead atoms. The van der Waals surface area contributed by atoms with Crippen LogP contribution in [0.4, 0.5) is 0 Å². The molecule has 0 amide bonds. The molecule has 0 atom stereocenters. The summed E-state index contributed by atoms with van der Waals surface area (Å²) in [5.41, 5.74) is 3.73. The lowest BCUT2D eigenvalue weighted by atomic mass is 9.88. The lowest BCUT2D eigenvalue weighted by Crippen LogP contribution is -2.23. The molecule has 0 saturated heterocycles. The van der Waals surface area contributed by atoms with E-state index in [1.54, 1.807) is 24.4 Å². The molecule has 2 aliphatic rings. The van der Waals surface area contributed by atoms with E-state index < -0.39 is 15.4 Å². The van der Waals surface area contributed by atoms with Crippen molar-refractivity contribution in [3.8, 4) is 22.6 Å². The van der Waals surface area contributed by atoms with Gasteiger partial charge in [0.15, 0.2) is 11.5 Å². The van der Waals surface area contributed by atoms with E-state index >= 15 is 0 Å². The summed E-state index contributed by atoms with van der Waals surface area (Å²) in [5, 5.41) is 0. The van der Waals surface area contributed by atoms with Crippen molar-refractivity contribution in [3.05, 3.63) is 71.5 Å². The summed E-state index contributed by atoms with van der Waals surface area (Å²) < 4.78 is 37.1. The molecule has 1 aromatic heterocycles. The van der Waals surface area contributed by atoms with Gasteiger partial charge < -0.3 is 9.47 Å². The summed E-state index contributed by atoms with van der Waals surface area (Å²) in [7, 11) is -0.511. The number of carbonyl (C=O) groups excluding carboxylic acids is 1. The van der Waals surface area contributed by atoms with Gasteiger partial charge in [-0.25, -0.2) is 12.7 Å². The van der Waals surface area contributed by atoms with Gasteiger partial charge in [-0.2, -0.15) is 0 Å². The molecule has 2 aromatic carbocycles. The Bertz CT molecular complexity index is 1390. The second kappa shape index (κ2) is 8.21. The molecule has 0 radical (unpaired) electrons. The summed E-state index contributed by atoms with van der Waals surface area (Å²) in [6, 6.07) is 14.5. The molecule has 2 heterocycles. The summed E-state index contributed by atoms with van der Waals surface area (Å²) in [4.78, 5) is 18.1. The predicted octanol–water partition coefficient (Wildman–Crippen LogP) is 3.88. The first-order chi connectivity index (χ1) is 16.2. The maximum Gasteiger partial charge on any atom is 0.242 e. The molecule has 1 aliphatic heterocycles. The number of sulfonamides is 1. The van der Waals surface area contributed by atoms with Gasteiger partial charge in [0.05, 0.1) is 10.3 Å². The topological polar surface area (TPSA) is 85.8 Å². The molecule has 176 valence electrons. The van der Waals surface area contributed by atoms with Gasteiger partial charge in [-0.3, -0.25) is 9.78 Å². The zero-order valence-corrected chi connectivity index (χ0v) is 20.2. The molecule has 5 rings (SSSR count). The molecule has 0 N–H and O–H groups in total. The van der Waals surface area contributed by atoms with Gasteiger partial charge in [0.2, 0.25) is 16.8 Å². The zero-order valence-electron chi connectivity index (χ0n) is 19.4. The second-order valence-corrected chi connectivity index (χ2v) is 11.2. The zero-order chi connectivity index (χ0) is 24.1. The number of nitrogens with zero attached hydrogens (tertiary/aromatic N) is 2. The number of Topliss-reactive ketones (excluding diaryl/α,β-unsaturated/α-hetero) is 1. The van der Waals surface area contributed by atoms with Crippen LogP contribution in [-0.4, -0.2) is 44.4 Å². The van der Waals surface area contributed by atoms with Crippen LogP contribution in [0.1, 0.15) is 29.7 Å². The largest absolute Gasteiger partial charge is 0.454 e. The highest BCUT2D eigenvalue weighted by molar-refractivity contribution is 7.89. The van der Waals surface area contributed by atoms with Crippen LogP contribution in [0, 0.1) is 6.92 Å². The number of aromatic nitrogens is 1. The second-order valence-electron chi connectivity index (χ2n) is 9.06. The van der Waals surface area contributed by atoms with Crippen LogP contribution in [0.5, 0.6) is 11.5 Å². The number of ketones is 1. The average Bonchev–Trinajstić information content (AvgIpc) is 3.50. The normalized spacial score (nSPS) is 16.0. The first-order valence-electron chi connectivity index (χ1n) is 11.1. The highest BCUT2D eigenvalue weighted by Crippen LogP contribution is 2.51. The van der Waals surface area contributed by atoms with Crippen molar-refractivity contribution < 1.29 is 22.7 Å². The third-order valence-electron chi connectivity index (χ3n) is 6.64. The predicted molar refractivity (Wildman–Crippen MR) is 127 cm³/mol. The van der Waals surface area contributed by atoms with Crippen molar-refractivity contribution in [2.45, 2.75) is 36.5 Å². The van der Waals surface area contributed by atoms with Crippen molar-refractivity contribution in [2.75, 3.05) is 20.9 Å². The van der Waals surface area contributed by atoms with Crippen LogP contribution in [-0.2, 0) is 26.7 Å². The molecule has 1 fully saturated rings. The minimum atomic E-state index is -3.53. The number of rotatable bonds is 7. The molecular formula is C26H26N2O5S. The number of hydrogen-bond donors (Lipinski definition) is 0. The van der Waals surface area contributed by atoms with E-state index in [0.717, 1.165) is 35.1 Å². The molecule has 34 heavy (non-hydrogen) atoms. The highest BCUT2D eigenvalue weighted by Gasteiger charge is 2.51. The van der Waals surface area contributed by atoms with Gasteiger partial charge in [-0.1, -0.05) is 18.2 Å². The van der Waals surface area contributed by atoms with Gasteiger partial charge >= 0.3 is 0 Å². The number of aryl methyl sites for hydroxylation is 1. The van der Waals surface area contributed by atoms with Crippen LogP contribution < -0.4 is 9.47 Å². The number of pyridine rings is 1. The van der Waals surface area contributed by atoms with Crippen LogP contribution in [0.2, 0.25) is 0 Å². The Balaban J connectivity index is 1.37. The van der Waals surface area contributed by atoms with Crippen LogP contribution in [0.3, 0.4) is 0 Å². The Morgan fingerprint density at radius 3 is 2.53 bits per heavy atom. The summed E-state index contributed by atoms with van der Waals surface area (Å²) in [6.07, 6.45) is 3.59. The number of ether oxygens (including phenoxy) is 2. The van der Waals surface area contributed by atoms with Gasteiger partial charge in [0.25, 0.3) is 0 Å². The number of fused-ring (bicyclic) bond motifs is 1. The van der Waals surface area contributed by atoms with Crippen molar-refractivity contribution in [3.63, 3.8) is 0 Å². The van der Waals surface area contributed by atoms with E-state index in [4.69, 9.17) is 9.47 Å². The molecule has 1 aliphatic carbocycles. The van der Waals surface area contributed by atoms with Crippen LogP contribution >= 0.6 is 0 Å². The van der Waals surface area contributed by atoms with E-state index in [9.17, 15) is 13.2 Å². The monoisotopic (exact) mass is 478 g/mol. The van der Waals surface area contributed by atoms with Crippen molar-refractivity contribution >= 4 is 15.8 Å². The smallest absolute Gasteiger partial charge is 0.242 e. The quantitative estimate of drug-likeness (QED) is 0.512. The van der Waals surface area contributed by atoms with Crippen molar-refractivity contribution in [1.82, 2.24) is 9.29 Å². The maximum atomic E-state index is 13.3. The number of hydrogen-bond acceptors (Lipinski definition) is 6. The van der Waals surface area contributed by atoms with Gasteiger partial charge in [-0.15, -0.1) is 0 Å². The molecular weight excluding hydrogens is 452 g/mol. The number of benzene rings is 2. The highest BCUT2D eigenvalue weighted by atomic mass is 32.2. The Hall–Kier alpha value is -3.23. The summed E-state index contributed by atoms with van der Waals surface area (Å²) in [6.45, 7) is 2.15. The van der Waals surface area contributed by atoms with Crippen molar-refractivity contribution in [2.24, 2.45) is 0 Å². The standard InChI is InChI=1S/C26H26N2O5S/c1-17-11-20(27-15-22(17)18-5-4-6-21(12-18)34(30,31)28(2)3)14-25(29)26(9-10-26)19-7-8-23-24(13-19)33-16-32-23/h4-8,11-13,15H,9-10,14,16H2,1-3H3. The Kier molecular flexibility index (Phi) is 5.45. The first kappa shape index (κ1) is 22.6. The molecule has 1 saturated carbocycles. The molecule has 0 spiro atoms. The Morgan fingerprint density at radius 1 is 1.06 bits per heavy atom. The van der Waals surface area contributed by atoms with E-state index in [0.29, 0.717) is 17.2 Å². The SMILES string of the molecule is Cc1cc(CC(=O)C2(c3ccc4c(c3)OCO4)CC2)ncc1-c1cccc(S(=O)(=O)N(C)C)c1. The van der Waals surface area contributed by atoms with E-state index in [1.165, 1.54) is 18.4 Å². The maximum absolute atomic E-state index is 13.3. The van der Waals surface area contributed by atoms with Gasteiger partial charge in [0, 0.05) is 38.0 Å². The third kappa shape index (κ3) is 3.86. The Morgan fingerprint density at radius 2 is 1.82 bits per heavy atom. The first-order valence-corrected chi connectivity index (χ1v) is 12.6. The summed E-state index contributed by atoms with van der Waals surface area (Å²) >= 11 is 0. The fourth-order valence-corrected chi connectivity index (χ4v) is 5.38. The average molecular weight is 479 g/mol. The Labute approximate surface area is 199 Å². The van der Waals surface area contributed by atoms with E-state index in [-0.39, 0.29) is 23.9 Å². The minimum absolute atomic E-state index is 0.144. The third-order valence-corrected chi connectivity index (χ3v) is 8.45. The van der Waals surface area contributed by atoms with E-state index in [1.807, 2.05) is 37.3 Å². The van der Waals surface area contributed by atoms with Crippen LogP contribution in [0.15, 0.2) is 59.6 Å². The minimum Gasteiger partial charge on any atom is -0.454 e. The lowest BCUT2D eigenvalue weighted by Gasteiger charge is -2.16.